The van der Waals surface area contributed by atoms with Gasteiger partial charge >= 0.3 is 0 Å². The molecule has 0 spiro atoms. The van der Waals surface area contributed by atoms with Crippen LogP contribution in [0, 0.1) is 13.8 Å². The number of rotatable bonds is 5. The molecule has 0 saturated heterocycles. The average Bonchev–Trinajstić information content (AvgIpc) is 3.34. The van der Waals surface area contributed by atoms with Crippen LogP contribution in [0.4, 0.5) is 0 Å². The molecule has 1 amide bonds. The van der Waals surface area contributed by atoms with E-state index < -0.39 is 0 Å². The molecule has 3 heterocycles. The fourth-order valence-electron chi connectivity index (χ4n) is 2.84. The molecular weight excluding hydrogens is 332 g/mol. The highest BCUT2D eigenvalue weighted by Gasteiger charge is 2.11. The Labute approximate surface area is 149 Å². The molecule has 26 heavy (non-hydrogen) atoms. The smallest absolute Gasteiger partial charge is 0.247 e. The Morgan fingerprint density at radius 1 is 1.12 bits per heavy atom. The zero-order chi connectivity index (χ0) is 18.1. The maximum atomic E-state index is 12.3. The predicted molar refractivity (Wildman–Crippen MR) is 95.3 cm³/mol. The van der Waals surface area contributed by atoms with Gasteiger partial charge < -0.3 is 18.7 Å². The van der Waals surface area contributed by atoms with Gasteiger partial charge in [0.05, 0.1) is 6.54 Å². The van der Waals surface area contributed by atoms with E-state index in [0.717, 1.165) is 28.0 Å². The van der Waals surface area contributed by atoms with Gasteiger partial charge in [0, 0.05) is 24.2 Å². The summed E-state index contributed by atoms with van der Waals surface area (Å²) in [4.78, 5) is 12.3. The Bertz CT molecular complexity index is 1070. The molecule has 0 saturated carbocycles. The van der Waals surface area contributed by atoms with Crippen LogP contribution >= 0.6 is 0 Å². The molecular formula is C19H18N4O3. The third-order valence-electron chi connectivity index (χ3n) is 4.12. The molecule has 1 N–H and O–H groups in total. The number of aromatic nitrogens is 3. The molecule has 0 aliphatic carbocycles. The lowest BCUT2D eigenvalue weighted by Crippen LogP contribution is -2.26. The van der Waals surface area contributed by atoms with E-state index in [4.69, 9.17) is 8.83 Å². The second-order valence-corrected chi connectivity index (χ2v) is 6.13. The number of furan rings is 1. The first-order valence-electron chi connectivity index (χ1n) is 8.30. The largest absolute Gasteiger partial charge is 0.465 e. The third kappa shape index (κ3) is 3.23. The van der Waals surface area contributed by atoms with Crippen LogP contribution in [0.3, 0.4) is 0 Å². The maximum absolute atomic E-state index is 12.3. The number of nitrogens with one attached hydrogen (secondary N) is 1. The van der Waals surface area contributed by atoms with Crippen molar-refractivity contribution in [3.05, 3.63) is 60.0 Å². The van der Waals surface area contributed by atoms with Crippen molar-refractivity contribution in [2.45, 2.75) is 26.9 Å². The van der Waals surface area contributed by atoms with Crippen molar-refractivity contribution >= 4 is 16.8 Å². The van der Waals surface area contributed by atoms with Crippen molar-refractivity contribution in [1.29, 1.82) is 0 Å². The van der Waals surface area contributed by atoms with E-state index in [0.29, 0.717) is 18.3 Å². The molecule has 0 aliphatic rings. The molecule has 0 aliphatic heterocycles. The van der Waals surface area contributed by atoms with Crippen molar-refractivity contribution in [3.8, 4) is 11.5 Å². The third-order valence-corrected chi connectivity index (χ3v) is 4.12. The number of hydrogen-bond acceptors (Lipinski definition) is 5. The van der Waals surface area contributed by atoms with Gasteiger partial charge in [0.2, 0.25) is 17.7 Å². The fourth-order valence-corrected chi connectivity index (χ4v) is 2.84. The van der Waals surface area contributed by atoms with Gasteiger partial charge in [0.1, 0.15) is 18.1 Å². The Balaban J connectivity index is 1.51. The average molecular weight is 350 g/mol. The van der Waals surface area contributed by atoms with Gasteiger partial charge in [-0.2, -0.15) is 0 Å². The summed E-state index contributed by atoms with van der Waals surface area (Å²) in [6.07, 6.45) is 1.89. The lowest BCUT2D eigenvalue weighted by Gasteiger charge is -2.07. The highest BCUT2D eigenvalue weighted by Crippen LogP contribution is 2.24. The number of nitrogens with zero attached hydrogens (tertiary/aromatic N) is 3. The molecule has 4 rings (SSSR count). The summed E-state index contributed by atoms with van der Waals surface area (Å²) >= 11 is 0. The topological polar surface area (TPSA) is 86.1 Å². The summed E-state index contributed by atoms with van der Waals surface area (Å²) in [7, 11) is 0. The van der Waals surface area contributed by atoms with Crippen molar-refractivity contribution in [3.63, 3.8) is 0 Å². The van der Waals surface area contributed by atoms with Gasteiger partial charge in [-0.25, -0.2) is 0 Å². The summed E-state index contributed by atoms with van der Waals surface area (Å²) in [5.41, 5.74) is 1.76. The van der Waals surface area contributed by atoms with E-state index in [-0.39, 0.29) is 12.5 Å². The van der Waals surface area contributed by atoms with Crippen LogP contribution in [0.5, 0.6) is 0 Å². The van der Waals surface area contributed by atoms with Crippen LogP contribution in [0.25, 0.3) is 22.4 Å². The molecule has 0 bridgehead atoms. The van der Waals surface area contributed by atoms with E-state index in [1.165, 1.54) is 0 Å². The first-order valence-corrected chi connectivity index (χ1v) is 8.30. The first-order chi connectivity index (χ1) is 12.6. The molecule has 0 atom stereocenters. The zero-order valence-electron chi connectivity index (χ0n) is 14.5. The van der Waals surface area contributed by atoms with Gasteiger partial charge in [-0.05, 0) is 42.6 Å². The highest BCUT2D eigenvalue weighted by molar-refractivity contribution is 5.86. The summed E-state index contributed by atoms with van der Waals surface area (Å²) in [6, 6.07) is 11.6. The van der Waals surface area contributed by atoms with Crippen LogP contribution in [-0.4, -0.2) is 20.7 Å². The number of carbonyl (C=O) groups excluding carboxylic acids is 1. The van der Waals surface area contributed by atoms with Gasteiger partial charge in [-0.15, -0.1) is 10.2 Å². The predicted octanol–water partition coefficient (Wildman–Crippen LogP) is 3.22. The van der Waals surface area contributed by atoms with E-state index in [2.05, 4.69) is 15.5 Å². The van der Waals surface area contributed by atoms with Crippen molar-refractivity contribution in [2.75, 3.05) is 0 Å². The lowest BCUT2D eigenvalue weighted by molar-refractivity contribution is -0.121. The minimum Gasteiger partial charge on any atom is -0.465 e. The molecule has 1 aromatic carbocycles. The Hall–Kier alpha value is -3.35. The summed E-state index contributed by atoms with van der Waals surface area (Å²) in [5, 5.41) is 11.8. The van der Waals surface area contributed by atoms with Crippen LogP contribution in [-0.2, 0) is 17.9 Å². The van der Waals surface area contributed by atoms with Crippen molar-refractivity contribution < 1.29 is 13.6 Å². The van der Waals surface area contributed by atoms with Crippen molar-refractivity contribution in [1.82, 2.24) is 20.1 Å². The maximum Gasteiger partial charge on any atom is 0.247 e. The molecule has 132 valence electrons. The zero-order valence-corrected chi connectivity index (χ0v) is 14.5. The molecule has 7 nitrogen and oxygen atoms in total. The SMILES string of the molecule is Cc1ccc(CNC(=O)Cn2ccc3ccc(-c4nnc(C)o4)cc32)o1. The minimum atomic E-state index is -0.0874. The number of amides is 1. The second-order valence-electron chi connectivity index (χ2n) is 6.13. The van der Waals surface area contributed by atoms with E-state index >= 15 is 0 Å². The fraction of sp³-hybridized carbons (Fsp3) is 0.211. The lowest BCUT2D eigenvalue weighted by atomic mass is 10.1. The number of carbonyl (C=O) groups is 1. The molecule has 7 heteroatoms. The molecule has 4 aromatic rings. The van der Waals surface area contributed by atoms with Gasteiger partial charge in [-0.3, -0.25) is 4.79 Å². The minimum absolute atomic E-state index is 0.0874. The van der Waals surface area contributed by atoms with Gasteiger partial charge in [0.25, 0.3) is 0 Å². The quantitative estimate of drug-likeness (QED) is 0.597. The second kappa shape index (κ2) is 6.51. The van der Waals surface area contributed by atoms with Crippen LogP contribution in [0.2, 0.25) is 0 Å². The van der Waals surface area contributed by atoms with E-state index in [1.807, 2.05) is 54.1 Å². The Morgan fingerprint density at radius 3 is 2.73 bits per heavy atom. The van der Waals surface area contributed by atoms with Crippen LogP contribution in [0.15, 0.2) is 51.4 Å². The Morgan fingerprint density at radius 2 is 2.00 bits per heavy atom. The van der Waals surface area contributed by atoms with Crippen LogP contribution in [0.1, 0.15) is 17.4 Å². The van der Waals surface area contributed by atoms with E-state index in [1.54, 1.807) is 6.92 Å². The molecule has 0 unspecified atom stereocenters. The standard InChI is InChI=1S/C19H18N4O3/c1-12-3-6-16(25-12)10-20-18(24)11-23-8-7-14-4-5-15(9-17(14)23)19-22-21-13(2)26-19/h3-9H,10-11H2,1-2H3,(H,20,24). The van der Waals surface area contributed by atoms with Gasteiger partial charge in [-0.1, -0.05) is 6.07 Å². The number of benzene rings is 1. The summed E-state index contributed by atoms with van der Waals surface area (Å²) in [5.74, 6) is 2.46. The van der Waals surface area contributed by atoms with Crippen LogP contribution < -0.4 is 5.32 Å². The van der Waals surface area contributed by atoms with Gasteiger partial charge in [0.15, 0.2) is 0 Å². The molecule has 0 fully saturated rings. The Kier molecular flexibility index (Phi) is 4.04. The molecule has 0 radical (unpaired) electrons. The normalized spacial score (nSPS) is 11.2. The first kappa shape index (κ1) is 16.1. The van der Waals surface area contributed by atoms with Crippen molar-refractivity contribution in [2.24, 2.45) is 0 Å². The summed E-state index contributed by atoms with van der Waals surface area (Å²) in [6.45, 7) is 4.22. The number of fused-ring (bicyclic) bond motifs is 1. The monoisotopic (exact) mass is 350 g/mol. The van der Waals surface area contributed by atoms with E-state index in [9.17, 15) is 4.79 Å². The number of aryl methyl sites for hydroxylation is 2. The number of hydrogen-bond donors (Lipinski definition) is 1. The summed E-state index contributed by atoms with van der Waals surface area (Å²) < 4.78 is 12.8. The highest BCUT2D eigenvalue weighted by atomic mass is 16.4. The molecule has 3 aromatic heterocycles.